The fraction of sp³-hybridized carbons (Fsp3) is 0.536. The van der Waals surface area contributed by atoms with Crippen LogP contribution < -0.4 is 4.90 Å². The van der Waals surface area contributed by atoms with Gasteiger partial charge in [0.2, 0.25) is 0 Å². The number of fused-ring (bicyclic) bond motifs is 1. The summed E-state index contributed by atoms with van der Waals surface area (Å²) in [5, 5.41) is 9.18. The van der Waals surface area contributed by atoms with Crippen molar-refractivity contribution in [1.29, 1.82) is 0 Å². The van der Waals surface area contributed by atoms with Crippen LogP contribution in [-0.2, 0) is 10.8 Å². The van der Waals surface area contributed by atoms with E-state index in [0.717, 1.165) is 19.3 Å². The molecule has 1 N–H and O–H groups in total. The molecule has 0 saturated carbocycles. The Morgan fingerprint density at radius 3 is 2.19 bits per heavy atom. The van der Waals surface area contributed by atoms with E-state index in [4.69, 9.17) is 0 Å². The number of hydrogen-bond donors (Lipinski definition) is 1. The second kappa shape index (κ2) is 8.00. The van der Waals surface area contributed by atoms with Gasteiger partial charge in [-0.2, -0.15) is 0 Å². The Morgan fingerprint density at radius 2 is 1.65 bits per heavy atom. The average molecular weight is 422 g/mol. The lowest BCUT2D eigenvalue weighted by Crippen LogP contribution is -2.49. The van der Waals surface area contributed by atoms with Crippen LogP contribution in [0.15, 0.2) is 42.5 Å². The summed E-state index contributed by atoms with van der Waals surface area (Å²) in [6.07, 6.45) is 3.27. The quantitative estimate of drug-likeness (QED) is 0.557. The zero-order valence-electron chi connectivity index (χ0n) is 20.5. The van der Waals surface area contributed by atoms with Crippen molar-refractivity contribution in [2.45, 2.75) is 90.0 Å². The molecule has 0 spiro atoms. The minimum Gasteiger partial charge on any atom is -0.478 e. The van der Waals surface area contributed by atoms with Gasteiger partial charge in [0.1, 0.15) is 0 Å². The van der Waals surface area contributed by atoms with Gasteiger partial charge in [-0.15, -0.1) is 0 Å². The summed E-state index contributed by atoms with van der Waals surface area (Å²) in [5.74, 6) is -0.348. The molecule has 3 rings (SSSR count). The van der Waals surface area contributed by atoms with Gasteiger partial charge in [0.05, 0.1) is 5.56 Å². The summed E-state index contributed by atoms with van der Waals surface area (Å²) < 4.78 is 0. The Balaban J connectivity index is 1.81. The SMILES string of the molecule is CC1CC(C)(CCC(C)(C)c2ccc(C(=O)O)cc2)N(C)c2ccc(C(C)(C)C)cc21. The molecule has 0 radical (unpaired) electrons. The molecule has 1 heterocycles. The highest BCUT2D eigenvalue weighted by Gasteiger charge is 2.39. The minimum absolute atomic E-state index is 0.0134. The first-order valence-electron chi connectivity index (χ1n) is 11.5. The number of aromatic carboxylic acids is 1. The molecule has 168 valence electrons. The average Bonchev–Trinajstić information content (AvgIpc) is 2.70. The molecule has 1 aliphatic rings. The summed E-state index contributed by atoms with van der Waals surface area (Å²) in [6, 6.07) is 14.4. The van der Waals surface area contributed by atoms with E-state index < -0.39 is 5.97 Å². The van der Waals surface area contributed by atoms with E-state index in [1.807, 2.05) is 12.1 Å². The number of carboxylic acid groups (broad SMARTS) is 1. The largest absolute Gasteiger partial charge is 0.478 e. The van der Waals surface area contributed by atoms with E-state index >= 15 is 0 Å². The number of nitrogens with zero attached hydrogens (tertiary/aromatic N) is 1. The summed E-state index contributed by atoms with van der Waals surface area (Å²) in [5.41, 5.74) is 6.01. The molecule has 0 fully saturated rings. The van der Waals surface area contributed by atoms with Crippen LogP contribution in [0.4, 0.5) is 5.69 Å². The third kappa shape index (κ3) is 4.66. The standard InChI is InChI=1S/C28H39NO2/c1-19-18-28(7,29(8)24-14-13-22(17-23(19)24)26(2,3)4)16-15-27(5,6)21-11-9-20(10-12-21)25(30)31/h9-14,17,19H,15-16,18H2,1-8H3,(H,30,31). The Bertz CT molecular complexity index is 952. The first-order chi connectivity index (χ1) is 14.2. The number of hydrogen-bond acceptors (Lipinski definition) is 2. The second-order valence-corrected chi connectivity index (χ2v) is 11.5. The maximum Gasteiger partial charge on any atom is 0.335 e. The van der Waals surface area contributed by atoms with Crippen LogP contribution in [-0.4, -0.2) is 23.7 Å². The highest BCUT2D eigenvalue weighted by atomic mass is 16.4. The first kappa shape index (κ1) is 23.4. The smallest absolute Gasteiger partial charge is 0.335 e. The monoisotopic (exact) mass is 421 g/mol. The first-order valence-corrected chi connectivity index (χ1v) is 11.5. The number of carboxylic acids is 1. The van der Waals surface area contributed by atoms with Crippen molar-refractivity contribution in [2.24, 2.45) is 0 Å². The van der Waals surface area contributed by atoms with E-state index in [1.165, 1.54) is 22.4 Å². The zero-order valence-corrected chi connectivity index (χ0v) is 20.5. The Labute approximate surface area is 188 Å². The fourth-order valence-electron chi connectivity index (χ4n) is 4.98. The van der Waals surface area contributed by atoms with Gasteiger partial charge in [-0.1, -0.05) is 65.8 Å². The molecule has 0 saturated heterocycles. The molecule has 3 heteroatoms. The number of anilines is 1. The third-order valence-corrected chi connectivity index (χ3v) is 7.54. The number of rotatable bonds is 5. The van der Waals surface area contributed by atoms with Crippen molar-refractivity contribution in [3.8, 4) is 0 Å². The summed E-state index contributed by atoms with van der Waals surface area (Å²) >= 11 is 0. The molecule has 0 aliphatic carbocycles. The molecule has 2 aromatic carbocycles. The molecule has 0 amide bonds. The molecule has 1 aliphatic heterocycles. The zero-order chi connectivity index (χ0) is 23.2. The van der Waals surface area contributed by atoms with Crippen molar-refractivity contribution >= 4 is 11.7 Å². The van der Waals surface area contributed by atoms with Crippen molar-refractivity contribution in [3.05, 3.63) is 64.7 Å². The van der Waals surface area contributed by atoms with Gasteiger partial charge >= 0.3 is 5.97 Å². The van der Waals surface area contributed by atoms with Gasteiger partial charge in [0.25, 0.3) is 0 Å². The minimum atomic E-state index is -0.872. The molecular weight excluding hydrogens is 382 g/mol. The van der Waals surface area contributed by atoms with Crippen LogP contribution in [0.1, 0.15) is 101 Å². The van der Waals surface area contributed by atoms with E-state index in [1.54, 1.807) is 12.1 Å². The lowest BCUT2D eigenvalue weighted by Gasteiger charge is -2.49. The summed E-state index contributed by atoms with van der Waals surface area (Å²) in [7, 11) is 2.25. The Kier molecular flexibility index (Phi) is 6.03. The third-order valence-electron chi connectivity index (χ3n) is 7.54. The maximum atomic E-state index is 11.2. The normalized spacial score (nSPS) is 21.7. The molecular formula is C28H39NO2. The second-order valence-electron chi connectivity index (χ2n) is 11.5. The molecule has 0 bridgehead atoms. The van der Waals surface area contributed by atoms with Crippen molar-refractivity contribution in [3.63, 3.8) is 0 Å². The maximum absolute atomic E-state index is 11.2. The predicted molar refractivity (Wildman–Crippen MR) is 131 cm³/mol. The van der Waals surface area contributed by atoms with Crippen molar-refractivity contribution in [2.75, 3.05) is 11.9 Å². The lowest BCUT2D eigenvalue weighted by atomic mass is 9.71. The molecule has 31 heavy (non-hydrogen) atoms. The van der Waals surface area contributed by atoms with Gasteiger partial charge < -0.3 is 10.0 Å². The van der Waals surface area contributed by atoms with Crippen LogP contribution in [0, 0.1) is 0 Å². The van der Waals surface area contributed by atoms with Crippen LogP contribution >= 0.6 is 0 Å². The van der Waals surface area contributed by atoms with Gasteiger partial charge in [-0.25, -0.2) is 4.79 Å². The van der Waals surface area contributed by atoms with Crippen LogP contribution in [0.5, 0.6) is 0 Å². The fourth-order valence-corrected chi connectivity index (χ4v) is 4.98. The number of carbonyl (C=O) groups is 1. The Morgan fingerprint density at radius 1 is 1.06 bits per heavy atom. The predicted octanol–water partition coefficient (Wildman–Crippen LogP) is 7.14. The van der Waals surface area contributed by atoms with Crippen molar-refractivity contribution in [1.82, 2.24) is 0 Å². The lowest BCUT2D eigenvalue weighted by molar-refractivity contribution is 0.0697. The number of benzene rings is 2. The van der Waals surface area contributed by atoms with Crippen LogP contribution in [0.25, 0.3) is 0 Å². The van der Waals surface area contributed by atoms with Crippen molar-refractivity contribution < 1.29 is 9.90 Å². The van der Waals surface area contributed by atoms with Crippen LogP contribution in [0.3, 0.4) is 0 Å². The van der Waals surface area contributed by atoms with Gasteiger partial charge in [0.15, 0.2) is 0 Å². The van der Waals surface area contributed by atoms with Gasteiger partial charge in [0, 0.05) is 18.3 Å². The Hall–Kier alpha value is -2.29. The highest BCUT2D eigenvalue weighted by Crippen LogP contribution is 2.47. The van der Waals surface area contributed by atoms with E-state index in [-0.39, 0.29) is 16.4 Å². The molecule has 3 nitrogen and oxygen atoms in total. The van der Waals surface area contributed by atoms with Gasteiger partial charge in [-0.05, 0) is 77.8 Å². The molecule has 2 unspecified atom stereocenters. The summed E-state index contributed by atoms with van der Waals surface area (Å²) in [4.78, 5) is 13.7. The molecule has 0 aromatic heterocycles. The van der Waals surface area contributed by atoms with E-state index in [9.17, 15) is 9.90 Å². The topological polar surface area (TPSA) is 40.5 Å². The molecule has 2 atom stereocenters. The summed E-state index contributed by atoms with van der Waals surface area (Å²) in [6.45, 7) is 16.1. The van der Waals surface area contributed by atoms with Crippen LogP contribution in [0.2, 0.25) is 0 Å². The van der Waals surface area contributed by atoms with Gasteiger partial charge in [-0.3, -0.25) is 0 Å². The highest BCUT2D eigenvalue weighted by molar-refractivity contribution is 5.87. The van der Waals surface area contributed by atoms with E-state index in [2.05, 4.69) is 78.6 Å². The van der Waals surface area contributed by atoms with E-state index in [0.29, 0.717) is 11.5 Å². The molecule has 2 aromatic rings.